The largest absolute Gasteiger partial charge is 0.318 e. The van der Waals surface area contributed by atoms with E-state index in [4.69, 9.17) is 0 Å². The molecule has 0 saturated carbocycles. The molecule has 0 aliphatic carbocycles. The van der Waals surface area contributed by atoms with Crippen molar-refractivity contribution in [2.24, 2.45) is 0 Å². The highest BCUT2D eigenvalue weighted by Gasteiger charge is 2.23. The van der Waals surface area contributed by atoms with Gasteiger partial charge in [0.05, 0.1) is 0 Å². The summed E-state index contributed by atoms with van der Waals surface area (Å²) in [6, 6.07) is 1.24. The van der Waals surface area contributed by atoms with Crippen molar-refractivity contribution in [3.05, 3.63) is 29.6 Å². The Balaban J connectivity index is 3.04. The second-order valence-corrected chi connectivity index (χ2v) is 4.91. The molecule has 0 amide bonds. The van der Waals surface area contributed by atoms with Gasteiger partial charge in [-0.2, -0.15) is 0 Å². The topological polar surface area (TPSA) is 58.2 Å². The zero-order chi connectivity index (χ0) is 13.1. The molecule has 0 heterocycles. The highest BCUT2D eigenvalue weighted by molar-refractivity contribution is 7.89. The van der Waals surface area contributed by atoms with E-state index in [0.29, 0.717) is 18.7 Å². The summed E-state index contributed by atoms with van der Waals surface area (Å²) >= 11 is 0. The molecule has 1 aromatic carbocycles. The number of nitrogens with one attached hydrogen (secondary N) is 2. The Hall–Kier alpha value is -1.12. The van der Waals surface area contributed by atoms with Crippen LogP contribution in [-0.2, 0) is 10.0 Å². The second kappa shape index (κ2) is 5.48. The van der Waals surface area contributed by atoms with Gasteiger partial charge < -0.3 is 5.32 Å². The molecule has 0 aliphatic heterocycles. The Kier molecular flexibility index (Phi) is 4.49. The zero-order valence-corrected chi connectivity index (χ0v) is 9.74. The van der Waals surface area contributed by atoms with Gasteiger partial charge in [0.2, 0.25) is 10.0 Å². The molecule has 0 unspecified atom stereocenters. The van der Waals surface area contributed by atoms with Crippen LogP contribution in [0.25, 0.3) is 0 Å². The van der Waals surface area contributed by atoms with Crippen LogP contribution < -0.4 is 10.0 Å². The summed E-state index contributed by atoms with van der Waals surface area (Å²) in [5, 5.41) is 2.67. The highest BCUT2D eigenvalue weighted by atomic mass is 32.2. The lowest BCUT2D eigenvalue weighted by molar-refractivity contribution is 0.431. The number of rotatable bonds is 5. The van der Waals surface area contributed by atoms with E-state index >= 15 is 0 Å². The van der Waals surface area contributed by atoms with Crippen LogP contribution >= 0.6 is 0 Å². The van der Waals surface area contributed by atoms with Crippen molar-refractivity contribution in [3.8, 4) is 0 Å². The van der Waals surface area contributed by atoms with Crippen LogP contribution in [0.15, 0.2) is 17.0 Å². The molecule has 2 N–H and O–H groups in total. The molecule has 0 fully saturated rings. The molecule has 0 spiro atoms. The number of sulfonamides is 1. The molecule has 1 rings (SSSR count). The molecule has 0 saturated heterocycles. The average Bonchev–Trinajstić information content (AvgIpc) is 2.26. The first-order valence-corrected chi connectivity index (χ1v) is 6.16. The third-order valence-electron chi connectivity index (χ3n) is 1.96. The van der Waals surface area contributed by atoms with Crippen LogP contribution in [0.1, 0.15) is 0 Å². The molecule has 0 bridgehead atoms. The third-order valence-corrected chi connectivity index (χ3v) is 3.43. The molecule has 1 aromatic rings. The zero-order valence-electron chi connectivity index (χ0n) is 8.93. The molecular formula is C9H11F3N2O2S. The highest BCUT2D eigenvalue weighted by Crippen LogP contribution is 2.19. The summed E-state index contributed by atoms with van der Waals surface area (Å²) < 4.78 is 63.8. The molecule has 17 heavy (non-hydrogen) atoms. The first-order chi connectivity index (χ1) is 7.90. The maximum absolute atomic E-state index is 13.2. The smallest absolute Gasteiger partial charge is 0.243 e. The Morgan fingerprint density at radius 3 is 2.35 bits per heavy atom. The van der Waals surface area contributed by atoms with E-state index in [9.17, 15) is 21.6 Å². The van der Waals surface area contributed by atoms with E-state index in [-0.39, 0.29) is 6.54 Å². The van der Waals surface area contributed by atoms with Crippen molar-refractivity contribution in [2.45, 2.75) is 4.90 Å². The Labute approximate surface area is 96.9 Å². The Morgan fingerprint density at radius 2 is 1.76 bits per heavy atom. The van der Waals surface area contributed by atoms with E-state index in [0.717, 1.165) is 0 Å². The van der Waals surface area contributed by atoms with Crippen LogP contribution in [0.2, 0.25) is 0 Å². The summed E-state index contributed by atoms with van der Waals surface area (Å²) in [5.74, 6) is -4.96. The number of benzene rings is 1. The summed E-state index contributed by atoms with van der Waals surface area (Å²) in [6.45, 7) is 0.335. The van der Waals surface area contributed by atoms with Crippen LogP contribution in [-0.4, -0.2) is 28.6 Å². The predicted molar refractivity (Wildman–Crippen MR) is 55.4 cm³/mol. The minimum atomic E-state index is -4.17. The molecule has 0 aromatic heterocycles. The number of likely N-dealkylation sites (N-methyl/N-ethyl adjacent to an activating group) is 1. The second-order valence-electron chi connectivity index (χ2n) is 3.17. The van der Waals surface area contributed by atoms with Gasteiger partial charge in [0.25, 0.3) is 0 Å². The fourth-order valence-corrected chi connectivity index (χ4v) is 2.20. The lowest BCUT2D eigenvalue weighted by Crippen LogP contribution is -2.31. The van der Waals surface area contributed by atoms with E-state index in [2.05, 4.69) is 5.32 Å². The monoisotopic (exact) mass is 268 g/mol. The predicted octanol–water partition coefficient (Wildman–Crippen LogP) is 0.602. The van der Waals surface area contributed by atoms with Gasteiger partial charge in [-0.05, 0) is 19.2 Å². The standard InChI is InChI=1S/C9H11F3N2O2S/c1-13-4-5-14-17(15,16)7-3-2-6(10)8(11)9(7)12/h2-3,13-14H,4-5H2,1H3. The first kappa shape index (κ1) is 13.9. The van der Waals surface area contributed by atoms with Gasteiger partial charge >= 0.3 is 0 Å². The Bertz CT molecular complexity index is 505. The molecule has 0 aliphatic rings. The van der Waals surface area contributed by atoms with Gasteiger partial charge in [-0.3, -0.25) is 0 Å². The van der Waals surface area contributed by atoms with Gasteiger partial charge in [0, 0.05) is 13.1 Å². The van der Waals surface area contributed by atoms with Crippen molar-refractivity contribution < 1.29 is 21.6 Å². The van der Waals surface area contributed by atoms with Crippen LogP contribution in [0.3, 0.4) is 0 Å². The molecule has 0 radical (unpaired) electrons. The van der Waals surface area contributed by atoms with Gasteiger partial charge in [0.15, 0.2) is 17.5 Å². The normalized spacial score (nSPS) is 11.8. The van der Waals surface area contributed by atoms with Gasteiger partial charge in [-0.1, -0.05) is 0 Å². The van der Waals surface area contributed by atoms with Crippen LogP contribution in [0, 0.1) is 17.5 Å². The minimum absolute atomic E-state index is 0.0112. The fourth-order valence-electron chi connectivity index (χ4n) is 1.10. The number of hydrogen-bond acceptors (Lipinski definition) is 3. The summed E-state index contributed by atoms with van der Waals surface area (Å²) in [5.41, 5.74) is 0. The SMILES string of the molecule is CNCCNS(=O)(=O)c1ccc(F)c(F)c1F. The molecule has 4 nitrogen and oxygen atoms in total. The van der Waals surface area contributed by atoms with Crippen molar-refractivity contribution in [1.82, 2.24) is 10.0 Å². The van der Waals surface area contributed by atoms with E-state index in [1.807, 2.05) is 4.72 Å². The van der Waals surface area contributed by atoms with Crippen molar-refractivity contribution in [2.75, 3.05) is 20.1 Å². The van der Waals surface area contributed by atoms with E-state index < -0.39 is 32.4 Å². The van der Waals surface area contributed by atoms with Gasteiger partial charge in [0.1, 0.15) is 4.90 Å². The van der Waals surface area contributed by atoms with Crippen LogP contribution in [0.4, 0.5) is 13.2 Å². The molecule has 0 atom stereocenters. The number of halogens is 3. The van der Waals surface area contributed by atoms with Crippen LogP contribution in [0.5, 0.6) is 0 Å². The summed E-state index contributed by atoms with van der Waals surface area (Å²) in [4.78, 5) is -0.910. The quantitative estimate of drug-likeness (QED) is 0.607. The lowest BCUT2D eigenvalue weighted by atomic mass is 10.3. The summed E-state index contributed by atoms with van der Waals surface area (Å²) in [7, 11) is -2.57. The van der Waals surface area contributed by atoms with Gasteiger partial charge in [-0.15, -0.1) is 0 Å². The number of hydrogen-bond donors (Lipinski definition) is 2. The maximum atomic E-state index is 13.2. The average molecular weight is 268 g/mol. The molecule has 96 valence electrons. The summed E-state index contributed by atoms with van der Waals surface area (Å²) in [6.07, 6.45) is 0. The third kappa shape index (κ3) is 3.18. The van der Waals surface area contributed by atoms with E-state index in [1.54, 1.807) is 7.05 Å². The van der Waals surface area contributed by atoms with Crippen molar-refractivity contribution in [3.63, 3.8) is 0 Å². The Morgan fingerprint density at radius 1 is 1.12 bits per heavy atom. The maximum Gasteiger partial charge on any atom is 0.243 e. The lowest BCUT2D eigenvalue weighted by Gasteiger charge is -2.07. The molecule has 8 heteroatoms. The van der Waals surface area contributed by atoms with E-state index in [1.165, 1.54) is 0 Å². The van der Waals surface area contributed by atoms with Gasteiger partial charge in [-0.25, -0.2) is 26.3 Å². The van der Waals surface area contributed by atoms with Crippen molar-refractivity contribution in [1.29, 1.82) is 0 Å². The minimum Gasteiger partial charge on any atom is -0.318 e. The fraction of sp³-hybridized carbons (Fsp3) is 0.333. The molecular weight excluding hydrogens is 257 g/mol. The van der Waals surface area contributed by atoms with Crippen molar-refractivity contribution >= 4 is 10.0 Å². The first-order valence-electron chi connectivity index (χ1n) is 4.68.